The molecule has 0 saturated heterocycles. The molecule has 3 heteroatoms. The number of fused-ring (bicyclic) bond motifs is 1. The second-order valence-corrected chi connectivity index (χ2v) is 5.98. The first-order valence-electron chi connectivity index (χ1n) is 6.26. The third kappa shape index (κ3) is 2.90. The van der Waals surface area contributed by atoms with Gasteiger partial charge in [0.25, 0.3) is 0 Å². The van der Waals surface area contributed by atoms with Gasteiger partial charge in [-0.3, -0.25) is 0 Å². The molecule has 0 heterocycles. The van der Waals surface area contributed by atoms with Gasteiger partial charge in [-0.15, -0.1) is 0 Å². The number of hydrogen-bond donors (Lipinski definition) is 2. The lowest BCUT2D eigenvalue weighted by Crippen LogP contribution is -2.38. The molecule has 1 aliphatic rings. The molecule has 94 valence electrons. The van der Waals surface area contributed by atoms with E-state index in [2.05, 4.69) is 39.4 Å². The molecule has 1 aromatic rings. The Balaban J connectivity index is 2.05. The second kappa shape index (κ2) is 5.09. The van der Waals surface area contributed by atoms with Crippen LogP contribution < -0.4 is 5.32 Å². The summed E-state index contributed by atoms with van der Waals surface area (Å²) in [7, 11) is 0. The minimum absolute atomic E-state index is 0.389. The highest BCUT2D eigenvalue weighted by molar-refractivity contribution is 9.10. The van der Waals surface area contributed by atoms with E-state index in [1.807, 2.05) is 13.8 Å². The van der Waals surface area contributed by atoms with Gasteiger partial charge in [-0.1, -0.05) is 35.0 Å². The van der Waals surface area contributed by atoms with Crippen molar-refractivity contribution in [1.29, 1.82) is 0 Å². The Bertz CT molecular complexity index is 403. The van der Waals surface area contributed by atoms with Gasteiger partial charge in [-0.05, 0) is 43.4 Å². The Morgan fingerprint density at radius 1 is 1.53 bits per heavy atom. The molecule has 0 aromatic heterocycles. The zero-order valence-electron chi connectivity index (χ0n) is 10.5. The van der Waals surface area contributed by atoms with Crippen molar-refractivity contribution in [2.45, 2.75) is 44.8 Å². The Labute approximate surface area is 112 Å². The summed E-state index contributed by atoms with van der Waals surface area (Å²) in [6.45, 7) is 4.55. The average Bonchev–Trinajstić information content (AvgIpc) is 2.71. The van der Waals surface area contributed by atoms with E-state index in [1.165, 1.54) is 15.6 Å². The molecule has 0 spiro atoms. The van der Waals surface area contributed by atoms with Crippen LogP contribution in [0.4, 0.5) is 0 Å². The van der Waals surface area contributed by atoms with Gasteiger partial charge in [0.05, 0.1) is 5.60 Å². The van der Waals surface area contributed by atoms with E-state index in [9.17, 15) is 5.11 Å². The molecule has 2 rings (SSSR count). The number of rotatable bonds is 4. The molecule has 0 fully saturated rings. The summed E-state index contributed by atoms with van der Waals surface area (Å²) in [4.78, 5) is 0. The smallest absolute Gasteiger partial charge is 0.0741 e. The maximum Gasteiger partial charge on any atom is 0.0741 e. The monoisotopic (exact) mass is 297 g/mol. The van der Waals surface area contributed by atoms with E-state index in [4.69, 9.17) is 0 Å². The number of nitrogens with one attached hydrogen (secondary N) is 1. The van der Waals surface area contributed by atoms with Crippen molar-refractivity contribution in [2.24, 2.45) is 0 Å². The van der Waals surface area contributed by atoms with Crippen molar-refractivity contribution in [3.05, 3.63) is 33.8 Å². The fraction of sp³-hybridized carbons (Fsp3) is 0.571. The molecule has 0 amide bonds. The van der Waals surface area contributed by atoms with Crippen molar-refractivity contribution >= 4 is 15.9 Å². The van der Waals surface area contributed by atoms with Crippen LogP contribution in [-0.2, 0) is 6.42 Å². The molecule has 0 aliphatic heterocycles. The lowest BCUT2D eigenvalue weighted by atomic mass is 10.0. The van der Waals surface area contributed by atoms with E-state index in [1.54, 1.807) is 0 Å². The first-order chi connectivity index (χ1) is 8.03. The van der Waals surface area contributed by atoms with E-state index in [0.717, 1.165) is 19.3 Å². The normalized spacial score (nSPS) is 22.2. The molecule has 0 bridgehead atoms. The van der Waals surface area contributed by atoms with Crippen molar-refractivity contribution < 1.29 is 5.11 Å². The van der Waals surface area contributed by atoms with Crippen LogP contribution in [0.1, 0.15) is 43.9 Å². The highest BCUT2D eigenvalue weighted by Crippen LogP contribution is 2.35. The Hall–Kier alpha value is -0.380. The molecule has 2 N–H and O–H groups in total. The predicted octanol–water partition coefficient (Wildman–Crippen LogP) is 3.19. The Morgan fingerprint density at radius 3 is 3.00 bits per heavy atom. The number of benzene rings is 1. The number of aliphatic hydroxyl groups is 1. The van der Waals surface area contributed by atoms with E-state index >= 15 is 0 Å². The van der Waals surface area contributed by atoms with Crippen LogP contribution in [0.3, 0.4) is 0 Å². The standard InChI is InChI=1S/C14H20BrNO/c1-3-14(2,17)9-16-13-8-7-10-11(13)5-4-6-12(10)15/h4-6,13,16-17H,3,7-9H2,1-2H3. The van der Waals surface area contributed by atoms with Crippen LogP contribution in [0, 0.1) is 0 Å². The number of halogens is 1. The minimum atomic E-state index is -0.602. The fourth-order valence-corrected chi connectivity index (χ4v) is 2.87. The van der Waals surface area contributed by atoms with E-state index < -0.39 is 5.60 Å². The van der Waals surface area contributed by atoms with Crippen LogP contribution in [0.25, 0.3) is 0 Å². The summed E-state index contributed by atoms with van der Waals surface area (Å²) in [5.41, 5.74) is 2.20. The summed E-state index contributed by atoms with van der Waals surface area (Å²) in [5.74, 6) is 0. The fourth-order valence-electron chi connectivity index (χ4n) is 2.29. The Morgan fingerprint density at radius 2 is 2.29 bits per heavy atom. The van der Waals surface area contributed by atoms with Crippen molar-refractivity contribution in [1.82, 2.24) is 5.32 Å². The molecule has 2 atom stereocenters. The van der Waals surface area contributed by atoms with E-state index in [0.29, 0.717) is 12.6 Å². The largest absolute Gasteiger partial charge is 0.389 e. The van der Waals surface area contributed by atoms with Gasteiger partial charge >= 0.3 is 0 Å². The van der Waals surface area contributed by atoms with Crippen LogP contribution in [0.5, 0.6) is 0 Å². The summed E-state index contributed by atoms with van der Waals surface area (Å²) in [6.07, 6.45) is 3.01. The van der Waals surface area contributed by atoms with Crippen LogP contribution in [0.2, 0.25) is 0 Å². The lowest BCUT2D eigenvalue weighted by molar-refractivity contribution is 0.0528. The predicted molar refractivity (Wildman–Crippen MR) is 74.1 cm³/mol. The third-order valence-electron chi connectivity index (χ3n) is 3.70. The topological polar surface area (TPSA) is 32.3 Å². The summed E-state index contributed by atoms with van der Waals surface area (Å²) >= 11 is 3.60. The highest BCUT2D eigenvalue weighted by Gasteiger charge is 2.26. The van der Waals surface area contributed by atoms with Crippen molar-refractivity contribution in [3.8, 4) is 0 Å². The third-order valence-corrected chi connectivity index (χ3v) is 4.45. The zero-order valence-corrected chi connectivity index (χ0v) is 12.0. The second-order valence-electron chi connectivity index (χ2n) is 5.13. The van der Waals surface area contributed by atoms with Gasteiger partial charge in [0.1, 0.15) is 0 Å². The SMILES string of the molecule is CCC(C)(O)CNC1CCc2c(Br)cccc21. The Kier molecular flexibility index (Phi) is 3.91. The molecule has 17 heavy (non-hydrogen) atoms. The summed E-state index contributed by atoms with van der Waals surface area (Å²) < 4.78 is 1.21. The summed E-state index contributed by atoms with van der Waals surface area (Å²) in [6, 6.07) is 6.76. The number of hydrogen-bond acceptors (Lipinski definition) is 2. The van der Waals surface area contributed by atoms with Crippen LogP contribution in [0.15, 0.2) is 22.7 Å². The average molecular weight is 298 g/mol. The molecule has 0 radical (unpaired) electrons. The molecular weight excluding hydrogens is 278 g/mol. The first-order valence-corrected chi connectivity index (χ1v) is 7.06. The van der Waals surface area contributed by atoms with Gasteiger partial charge in [-0.2, -0.15) is 0 Å². The quantitative estimate of drug-likeness (QED) is 0.895. The molecule has 1 aromatic carbocycles. The van der Waals surface area contributed by atoms with Crippen LogP contribution >= 0.6 is 15.9 Å². The first kappa shape index (κ1) is 13.1. The van der Waals surface area contributed by atoms with Gasteiger partial charge in [0.15, 0.2) is 0 Å². The highest BCUT2D eigenvalue weighted by atomic mass is 79.9. The molecule has 2 nitrogen and oxygen atoms in total. The zero-order chi connectivity index (χ0) is 12.5. The van der Waals surface area contributed by atoms with Gasteiger partial charge in [0, 0.05) is 17.1 Å². The van der Waals surface area contributed by atoms with Gasteiger partial charge in [-0.25, -0.2) is 0 Å². The van der Waals surface area contributed by atoms with Crippen LogP contribution in [-0.4, -0.2) is 17.3 Å². The maximum absolute atomic E-state index is 10.0. The van der Waals surface area contributed by atoms with Crippen molar-refractivity contribution in [3.63, 3.8) is 0 Å². The van der Waals surface area contributed by atoms with Gasteiger partial charge in [0.2, 0.25) is 0 Å². The molecule has 1 aliphatic carbocycles. The minimum Gasteiger partial charge on any atom is -0.389 e. The lowest BCUT2D eigenvalue weighted by Gasteiger charge is -2.24. The molecule has 2 unspecified atom stereocenters. The van der Waals surface area contributed by atoms with Crippen molar-refractivity contribution in [2.75, 3.05) is 6.54 Å². The molecular formula is C14H20BrNO. The molecule has 0 saturated carbocycles. The van der Waals surface area contributed by atoms with E-state index in [-0.39, 0.29) is 0 Å². The van der Waals surface area contributed by atoms with Gasteiger partial charge < -0.3 is 10.4 Å². The summed E-state index contributed by atoms with van der Waals surface area (Å²) in [5, 5.41) is 13.5. The maximum atomic E-state index is 10.0.